The molecule has 1 aromatic carbocycles. The van der Waals surface area contributed by atoms with Gasteiger partial charge in [-0.1, -0.05) is 23.7 Å². The number of carbonyl (C=O) groups excluding carboxylic acids is 1. The zero-order valence-electron chi connectivity index (χ0n) is 15.7. The number of benzene rings is 1. The van der Waals surface area contributed by atoms with E-state index < -0.39 is 11.7 Å². The van der Waals surface area contributed by atoms with Crippen molar-refractivity contribution in [3.8, 4) is 11.3 Å². The Labute approximate surface area is 182 Å². The van der Waals surface area contributed by atoms with Gasteiger partial charge in [0.15, 0.2) is 5.82 Å². The highest BCUT2D eigenvalue weighted by atomic mass is 35.5. The molecule has 1 aliphatic carbocycles. The zero-order valence-corrected chi connectivity index (χ0v) is 17.3. The van der Waals surface area contributed by atoms with Gasteiger partial charge in [0.05, 0.1) is 28.0 Å². The van der Waals surface area contributed by atoms with Crippen molar-refractivity contribution in [1.29, 1.82) is 0 Å². The van der Waals surface area contributed by atoms with E-state index in [0.29, 0.717) is 12.4 Å². The van der Waals surface area contributed by atoms with Crippen LogP contribution in [0.4, 0.5) is 29.5 Å². The van der Waals surface area contributed by atoms with E-state index in [1.54, 1.807) is 17.0 Å². The molecule has 2 amide bonds. The number of halogens is 5. The molecule has 30 heavy (non-hydrogen) atoms. The largest absolute Gasteiger partial charge is 0.416 e. The van der Waals surface area contributed by atoms with Crippen LogP contribution in [0, 0.1) is 0 Å². The molecule has 3 heterocycles. The van der Waals surface area contributed by atoms with E-state index in [0.717, 1.165) is 43.6 Å². The Morgan fingerprint density at radius 1 is 1.20 bits per heavy atom. The zero-order chi connectivity index (χ0) is 20.3. The Morgan fingerprint density at radius 2 is 1.97 bits per heavy atom. The fourth-order valence-electron chi connectivity index (χ4n) is 4.00. The first-order valence-corrected chi connectivity index (χ1v) is 9.92. The van der Waals surface area contributed by atoms with Crippen LogP contribution in [-0.4, -0.2) is 36.2 Å². The van der Waals surface area contributed by atoms with E-state index >= 15 is 0 Å². The van der Waals surface area contributed by atoms with E-state index in [2.05, 4.69) is 15.2 Å². The summed E-state index contributed by atoms with van der Waals surface area (Å²) in [5.74, 6) is 0.453. The van der Waals surface area contributed by atoms with Crippen LogP contribution in [0.2, 0.25) is 5.02 Å². The van der Waals surface area contributed by atoms with Crippen LogP contribution >= 0.6 is 24.0 Å². The lowest BCUT2D eigenvalue weighted by Gasteiger charge is -2.36. The van der Waals surface area contributed by atoms with Crippen LogP contribution in [0.3, 0.4) is 0 Å². The smallest absolute Gasteiger partial charge is 0.366 e. The van der Waals surface area contributed by atoms with Crippen molar-refractivity contribution in [3.05, 3.63) is 40.9 Å². The molecule has 3 aliphatic rings. The summed E-state index contributed by atoms with van der Waals surface area (Å²) in [6.07, 6.45) is -1.72. The van der Waals surface area contributed by atoms with E-state index in [9.17, 15) is 18.0 Å². The van der Waals surface area contributed by atoms with Crippen LogP contribution in [0.5, 0.6) is 0 Å². The molecule has 160 valence electrons. The Morgan fingerprint density at radius 3 is 2.67 bits per heavy atom. The number of anilines is 2. The molecule has 1 saturated heterocycles. The first-order valence-electron chi connectivity index (χ1n) is 9.54. The molecule has 2 bridgehead atoms. The molecule has 1 aromatic heterocycles. The molecule has 2 aromatic rings. The number of pyridine rings is 1. The number of hydrogen-bond acceptors (Lipinski definition) is 3. The Hall–Kier alpha value is -2.19. The highest BCUT2D eigenvalue weighted by Gasteiger charge is 2.42. The number of aromatic nitrogens is 1. The number of carbonyl (C=O) groups is 1. The first kappa shape index (κ1) is 21.1. The SMILES string of the molecule is Cl.O=C(NC1CC1)N1c2nc(-c3cccc(C(F)(F)F)c3)c(Cl)cc2N2CCC1C2. The second kappa shape index (κ2) is 7.50. The Bertz CT molecular complexity index is 997. The van der Waals surface area contributed by atoms with Crippen molar-refractivity contribution in [1.82, 2.24) is 10.3 Å². The molecule has 1 unspecified atom stereocenters. The number of alkyl halides is 3. The average molecular weight is 459 g/mol. The fourth-order valence-corrected chi connectivity index (χ4v) is 4.26. The highest BCUT2D eigenvalue weighted by Crippen LogP contribution is 2.43. The minimum atomic E-state index is -4.46. The monoisotopic (exact) mass is 458 g/mol. The molecular weight excluding hydrogens is 440 g/mol. The Balaban J connectivity index is 0.00000218. The average Bonchev–Trinajstić information content (AvgIpc) is 3.39. The summed E-state index contributed by atoms with van der Waals surface area (Å²) in [6, 6.07) is 6.61. The van der Waals surface area contributed by atoms with Gasteiger partial charge in [0.25, 0.3) is 0 Å². The van der Waals surface area contributed by atoms with Crippen LogP contribution in [0.25, 0.3) is 11.3 Å². The molecule has 5 nitrogen and oxygen atoms in total. The molecule has 1 saturated carbocycles. The number of nitrogens with zero attached hydrogens (tertiary/aromatic N) is 3. The van der Waals surface area contributed by atoms with Crippen LogP contribution in [-0.2, 0) is 6.18 Å². The molecule has 2 aliphatic heterocycles. The van der Waals surface area contributed by atoms with Crippen molar-refractivity contribution in [2.24, 2.45) is 0 Å². The second-order valence-electron chi connectivity index (χ2n) is 7.72. The van der Waals surface area contributed by atoms with Crippen LogP contribution in [0.15, 0.2) is 30.3 Å². The lowest BCUT2D eigenvalue weighted by molar-refractivity contribution is -0.137. The van der Waals surface area contributed by atoms with E-state index in [4.69, 9.17) is 11.6 Å². The number of nitrogens with one attached hydrogen (secondary N) is 1. The van der Waals surface area contributed by atoms with Crippen molar-refractivity contribution < 1.29 is 18.0 Å². The number of amides is 2. The van der Waals surface area contributed by atoms with Gasteiger partial charge in [-0.2, -0.15) is 13.2 Å². The normalized spacial score (nSPS) is 19.9. The number of fused-ring (bicyclic) bond motifs is 4. The summed E-state index contributed by atoms with van der Waals surface area (Å²) in [4.78, 5) is 21.3. The molecular formula is C20H19Cl2F3N4O. The predicted molar refractivity (Wildman–Crippen MR) is 112 cm³/mol. The number of urea groups is 1. The second-order valence-corrected chi connectivity index (χ2v) is 8.13. The predicted octanol–water partition coefficient (Wildman–Crippen LogP) is 5.11. The summed E-state index contributed by atoms with van der Waals surface area (Å²) < 4.78 is 39.4. The summed E-state index contributed by atoms with van der Waals surface area (Å²) in [7, 11) is 0. The summed E-state index contributed by atoms with van der Waals surface area (Å²) >= 11 is 6.43. The lowest BCUT2D eigenvalue weighted by atomic mass is 10.1. The number of rotatable bonds is 2. The molecule has 5 rings (SSSR count). The summed E-state index contributed by atoms with van der Waals surface area (Å²) in [6.45, 7) is 1.48. The maximum absolute atomic E-state index is 13.1. The van der Waals surface area contributed by atoms with E-state index in [-0.39, 0.29) is 46.8 Å². The Kier molecular flexibility index (Phi) is 5.26. The van der Waals surface area contributed by atoms with Crippen LogP contribution in [0.1, 0.15) is 24.8 Å². The van der Waals surface area contributed by atoms with Gasteiger partial charge in [-0.25, -0.2) is 9.78 Å². The van der Waals surface area contributed by atoms with Crippen molar-refractivity contribution >= 4 is 41.5 Å². The molecule has 10 heteroatoms. The standard InChI is InChI=1S/C20H18ClF3N4O.ClH/c21-15-9-16-18(26-17(15)11-2-1-3-12(8-11)20(22,23)24)28(14-6-7-27(16)10-14)19(29)25-13-4-5-13;/h1-3,8-9,13-14H,4-7,10H2,(H,25,29);1H. The van der Waals surface area contributed by atoms with Gasteiger partial charge in [0, 0.05) is 24.7 Å². The van der Waals surface area contributed by atoms with Gasteiger partial charge in [0.2, 0.25) is 0 Å². The fraction of sp³-hybridized carbons (Fsp3) is 0.400. The van der Waals surface area contributed by atoms with Crippen molar-refractivity contribution in [2.45, 2.75) is 37.5 Å². The van der Waals surface area contributed by atoms with Gasteiger partial charge < -0.3 is 10.2 Å². The maximum Gasteiger partial charge on any atom is 0.416 e. The third-order valence-corrected chi connectivity index (χ3v) is 5.91. The molecule has 1 N–H and O–H groups in total. The molecule has 0 radical (unpaired) electrons. The van der Waals surface area contributed by atoms with Crippen molar-refractivity contribution in [3.63, 3.8) is 0 Å². The van der Waals surface area contributed by atoms with Gasteiger partial charge in [-0.3, -0.25) is 4.90 Å². The molecule has 1 atom stereocenters. The lowest BCUT2D eigenvalue weighted by Crippen LogP contribution is -2.51. The topological polar surface area (TPSA) is 48.5 Å². The van der Waals surface area contributed by atoms with Gasteiger partial charge in [-0.05, 0) is 37.5 Å². The van der Waals surface area contributed by atoms with Crippen molar-refractivity contribution in [2.75, 3.05) is 22.9 Å². The highest BCUT2D eigenvalue weighted by molar-refractivity contribution is 6.33. The molecule has 0 spiro atoms. The first-order chi connectivity index (χ1) is 13.8. The van der Waals surface area contributed by atoms with E-state index in [1.165, 1.54) is 6.07 Å². The number of hydrogen-bond donors (Lipinski definition) is 1. The van der Waals surface area contributed by atoms with Gasteiger partial charge >= 0.3 is 12.2 Å². The summed E-state index contributed by atoms with van der Waals surface area (Å²) in [5, 5.41) is 3.26. The summed E-state index contributed by atoms with van der Waals surface area (Å²) in [5.41, 5.74) is 0.481. The maximum atomic E-state index is 13.1. The van der Waals surface area contributed by atoms with E-state index in [1.807, 2.05) is 0 Å². The third-order valence-electron chi connectivity index (χ3n) is 5.62. The van der Waals surface area contributed by atoms with Gasteiger partial charge in [0.1, 0.15) is 0 Å². The third kappa shape index (κ3) is 3.67. The minimum absolute atomic E-state index is 0. The minimum Gasteiger partial charge on any atom is -0.366 e. The quantitative estimate of drug-likeness (QED) is 0.679. The van der Waals surface area contributed by atoms with Gasteiger partial charge in [-0.15, -0.1) is 12.4 Å². The van der Waals surface area contributed by atoms with Crippen LogP contribution < -0.4 is 15.1 Å². The molecule has 2 fully saturated rings.